The molecule has 2 aliphatic rings. The largest absolute Gasteiger partial charge is 0.356 e. The van der Waals surface area contributed by atoms with Crippen LogP contribution in [0.3, 0.4) is 0 Å². The van der Waals surface area contributed by atoms with Gasteiger partial charge in [-0.3, -0.25) is 9.78 Å². The standard InChI is InChI=1S/C18H21N5O/c24-18(15-3-1-2-8-19-15)22-14-6-9-23(10-7-14)17-11-16(13-4-5-13)20-12-21-17/h1-3,8,11-14H,4-7,9-10H2,(H,22,24). The van der Waals surface area contributed by atoms with Crippen LogP contribution >= 0.6 is 0 Å². The lowest BCUT2D eigenvalue weighted by atomic mass is 10.0. The van der Waals surface area contributed by atoms with Gasteiger partial charge in [0, 0.05) is 43.0 Å². The molecule has 1 saturated heterocycles. The smallest absolute Gasteiger partial charge is 0.270 e. The van der Waals surface area contributed by atoms with E-state index in [-0.39, 0.29) is 11.9 Å². The van der Waals surface area contributed by atoms with Gasteiger partial charge in [-0.25, -0.2) is 9.97 Å². The maximum atomic E-state index is 12.2. The summed E-state index contributed by atoms with van der Waals surface area (Å²) in [6.07, 6.45) is 7.65. The molecule has 0 unspecified atom stereocenters. The predicted octanol–water partition coefficient (Wildman–Crippen LogP) is 2.15. The average Bonchev–Trinajstić information content (AvgIpc) is 3.48. The van der Waals surface area contributed by atoms with Gasteiger partial charge < -0.3 is 10.2 Å². The van der Waals surface area contributed by atoms with Crippen LogP contribution in [0, 0.1) is 0 Å². The number of pyridine rings is 1. The molecule has 1 aliphatic heterocycles. The number of nitrogens with zero attached hydrogens (tertiary/aromatic N) is 4. The molecule has 2 aromatic heterocycles. The van der Waals surface area contributed by atoms with Gasteiger partial charge in [0.2, 0.25) is 0 Å². The van der Waals surface area contributed by atoms with Gasteiger partial charge in [0.1, 0.15) is 17.8 Å². The molecule has 1 saturated carbocycles. The van der Waals surface area contributed by atoms with Crippen molar-refractivity contribution in [3.8, 4) is 0 Å². The lowest BCUT2D eigenvalue weighted by Gasteiger charge is -2.33. The van der Waals surface area contributed by atoms with Crippen molar-refractivity contribution in [2.24, 2.45) is 0 Å². The highest BCUT2D eigenvalue weighted by Gasteiger charge is 2.27. The minimum Gasteiger partial charge on any atom is -0.356 e. The van der Waals surface area contributed by atoms with E-state index in [1.165, 1.54) is 18.5 Å². The van der Waals surface area contributed by atoms with Crippen LogP contribution in [0.15, 0.2) is 36.8 Å². The van der Waals surface area contributed by atoms with Crippen LogP contribution in [0.4, 0.5) is 5.82 Å². The van der Waals surface area contributed by atoms with Crippen molar-refractivity contribution in [3.63, 3.8) is 0 Å². The van der Waals surface area contributed by atoms with Crippen molar-refractivity contribution in [3.05, 3.63) is 48.2 Å². The fourth-order valence-electron chi connectivity index (χ4n) is 3.15. The van der Waals surface area contributed by atoms with Crippen LogP contribution in [0.25, 0.3) is 0 Å². The summed E-state index contributed by atoms with van der Waals surface area (Å²) in [6, 6.07) is 7.71. The lowest BCUT2D eigenvalue weighted by molar-refractivity contribution is 0.0926. The minimum absolute atomic E-state index is 0.0906. The summed E-state index contributed by atoms with van der Waals surface area (Å²) in [7, 11) is 0. The molecule has 3 heterocycles. The first-order valence-corrected chi connectivity index (χ1v) is 8.58. The van der Waals surface area contributed by atoms with E-state index in [9.17, 15) is 4.79 Å². The molecule has 124 valence electrons. The Bertz CT molecular complexity index is 708. The molecule has 1 amide bonds. The van der Waals surface area contributed by atoms with Gasteiger partial charge in [-0.05, 0) is 37.8 Å². The number of piperidine rings is 1. The summed E-state index contributed by atoms with van der Waals surface area (Å²) in [5, 5.41) is 3.09. The summed E-state index contributed by atoms with van der Waals surface area (Å²) in [4.78, 5) is 27.4. The number of carbonyl (C=O) groups is 1. The third-order valence-corrected chi connectivity index (χ3v) is 4.72. The minimum atomic E-state index is -0.0906. The molecule has 6 heteroatoms. The second kappa shape index (κ2) is 6.55. The molecule has 0 radical (unpaired) electrons. The van der Waals surface area contributed by atoms with Crippen LogP contribution in [0.1, 0.15) is 47.8 Å². The van der Waals surface area contributed by atoms with E-state index in [2.05, 4.69) is 31.2 Å². The molecule has 2 fully saturated rings. The number of hydrogen-bond donors (Lipinski definition) is 1. The number of hydrogen-bond acceptors (Lipinski definition) is 5. The Labute approximate surface area is 141 Å². The fourth-order valence-corrected chi connectivity index (χ4v) is 3.15. The second-order valence-corrected chi connectivity index (χ2v) is 6.53. The molecule has 0 spiro atoms. The third-order valence-electron chi connectivity index (χ3n) is 4.72. The lowest BCUT2D eigenvalue weighted by Crippen LogP contribution is -2.45. The Morgan fingerprint density at radius 2 is 1.92 bits per heavy atom. The second-order valence-electron chi connectivity index (χ2n) is 6.53. The van der Waals surface area contributed by atoms with Gasteiger partial charge in [0.25, 0.3) is 5.91 Å². The van der Waals surface area contributed by atoms with Crippen LogP contribution in [0.2, 0.25) is 0 Å². The van der Waals surface area contributed by atoms with Gasteiger partial charge in [-0.15, -0.1) is 0 Å². The van der Waals surface area contributed by atoms with E-state index in [1.807, 2.05) is 12.1 Å². The SMILES string of the molecule is O=C(NC1CCN(c2cc(C3CC3)ncn2)CC1)c1ccccn1. The van der Waals surface area contributed by atoms with Gasteiger partial charge >= 0.3 is 0 Å². The fraction of sp³-hybridized carbons (Fsp3) is 0.444. The maximum absolute atomic E-state index is 12.2. The maximum Gasteiger partial charge on any atom is 0.270 e. The van der Waals surface area contributed by atoms with E-state index in [0.717, 1.165) is 31.7 Å². The average molecular weight is 323 g/mol. The van der Waals surface area contributed by atoms with E-state index in [4.69, 9.17) is 0 Å². The van der Waals surface area contributed by atoms with Crippen LogP contribution in [-0.2, 0) is 0 Å². The van der Waals surface area contributed by atoms with Crippen molar-refractivity contribution in [2.45, 2.75) is 37.6 Å². The Kier molecular flexibility index (Phi) is 4.11. The van der Waals surface area contributed by atoms with Crippen molar-refractivity contribution in [2.75, 3.05) is 18.0 Å². The Hall–Kier alpha value is -2.50. The topological polar surface area (TPSA) is 71.0 Å². The summed E-state index contributed by atoms with van der Waals surface area (Å²) in [5.41, 5.74) is 1.65. The molecule has 0 atom stereocenters. The van der Waals surface area contributed by atoms with E-state index in [0.29, 0.717) is 11.6 Å². The molecule has 24 heavy (non-hydrogen) atoms. The predicted molar refractivity (Wildman–Crippen MR) is 90.9 cm³/mol. The van der Waals surface area contributed by atoms with E-state index >= 15 is 0 Å². The number of anilines is 1. The van der Waals surface area contributed by atoms with Gasteiger partial charge in [-0.1, -0.05) is 6.07 Å². The molecule has 4 rings (SSSR count). The molecule has 0 aromatic carbocycles. The number of amides is 1. The monoisotopic (exact) mass is 323 g/mol. The Balaban J connectivity index is 1.33. The highest BCUT2D eigenvalue weighted by atomic mass is 16.1. The van der Waals surface area contributed by atoms with Gasteiger partial charge in [0.15, 0.2) is 0 Å². The zero-order valence-electron chi connectivity index (χ0n) is 13.6. The summed E-state index contributed by atoms with van der Waals surface area (Å²) < 4.78 is 0. The van der Waals surface area contributed by atoms with Crippen LogP contribution < -0.4 is 10.2 Å². The Morgan fingerprint density at radius 3 is 2.62 bits per heavy atom. The molecule has 2 aromatic rings. The quantitative estimate of drug-likeness (QED) is 0.933. The van der Waals surface area contributed by atoms with Gasteiger partial charge in [0.05, 0.1) is 0 Å². The van der Waals surface area contributed by atoms with E-state index < -0.39 is 0 Å². The van der Waals surface area contributed by atoms with Crippen LogP contribution in [-0.4, -0.2) is 40.0 Å². The van der Waals surface area contributed by atoms with E-state index in [1.54, 1.807) is 18.6 Å². The molecule has 1 N–H and O–H groups in total. The first-order chi connectivity index (χ1) is 11.8. The van der Waals surface area contributed by atoms with Gasteiger partial charge in [-0.2, -0.15) is 0 Å². The number of rotatable bonds is 4. The molecule has 1 aliphatic carbocycles. The molecular weight excluding hydrogens is 302 g/mol. The van der Waals surface area contributed by atoms with Crippen molar-refractivity contribution >= 4 is 11.7 Å². The number of nitrogens with one attached hydrogen (secondary N) is 1. The molecule has 6 nitrogen and oxygen atoms in total. The summed E-state index contributed by atoms with van der Waals surface area (Å²) in [6.45, 7) is 1.79. The summed E-state index contributed by atoms with van der Waals surface area (Å²) >= 11 is 0. The first-order valence-electron chi connectivity index (χ1n) is 8.58. The van der Waals surface area contributed by atoms with Crippen molar-refractivity contribution in [1.82, 2.24) is 20.3 Å². The Morgan fingerprint density at radius 1 is 1.08 bits per heavy atom. The number of carbonyl (C=O) groups excluding carboxylic acids is 1. The zero-order chi connectivity index (χ0) is 16.4. The zero-order valence-corrected chi connectivity index (χ0v) is 13.6. The normalized spacial score (nSPS) is 18.4. The highest BCUT2D eigenvalue weighted by Crippen LogP contribution is 2.39. The molecule has 0 bridgehead atoms. The van der Waals surface area contributed by atoms with Crippen LogP contribution in [0.5, 0.6) is 0 Å². The first kappa shape index (κ1) is 15.1. The van der Waals surface area contributed by atoms with Crippen molar-refractivity contribution < 1.29 is 4.79 Å². The third kappa shape index (κ3) is 3.37. The highest BCUT2D eigenvalue weighted by molar-refractivity contribution is 5.92. The van der Waals surface area contributed by atoms with Crippen molar-refractivity contribution in [1.29, 1.82) is 0 Å². The molecular formula is C18H21N5O. The summed E-state index contributed by atoms with van der Waals surface area (Å²) in [5.74, 6) is 1.57. The number of aromatic nitrogens is 3.